The zero-order valence-electron chi connectivity index (χ0n) is 13.2. The van der Waals surface area contributed by atoms with Gasteiger partial charge in [0.25, 0.3) is 0 Å². The highest BCUT2D eigenvalue weighted by Gasteiger charge is 2.14. The van der Waals surface area contributed by atoms with Crippen molar-refractivity contribution < 1.29 is 4.52 Å². The van der Waals surface area contributed by atoms with Gasteiger partial charge in [0.2, 0.25) is 11.7 Å². The van der Waals surface area contributed by atoms with Crippen molar-refractivity contribution >= 4 is 0 Å². The van der Waals surface area contributed by atoms with Crippen molar-refractivity contribution in [2.75, 3.05) is 0 Å². The minimum atomic E-state index is 0.444. The average Bonchev–Trinajstić information content (AvgIpc) is 3.06. The van der Waals surface area contributed by atoms with Gasteiger partial charge in [0, 0.05) is 5.69 Å². The number of hydrogen-bond acceptors (Lipinski definition) is 6. The van der Waals surface area contributed by atoms with E-state index >= 15 is 0 Å². The van der Waals surface area contributed by atoms with Crippen molar-refractivity contribution in [3.8, 4) is 11.5 Å². The third-order valence-electron chi connectivity index (χ3n) is 3.66. The molecule has 0 bridgehead atoms. The standard InChI is InChI=1S/C15H18N6O/c1-5-12-10(3)19-21(11(12)4)8-14-16-15(20-22-14)13-7-6-9(2)17-18-13/h6-7H,5,8H2,1-4H3. The Labute approximate surface area is 128 Å². The molecule has 0 saturated heterocycles. The zero-order chi connectivity index (χ0) is 15.7. The van der Waals surface area contributed by atoms with E-state index in [4.69, 9.17) is 4.52 Å². The van der Waals surface area contributed by atoms with E-state index in [2.05, 4.69) is 39.3 Å². The van der Waals surface area contributed by atoms with E-state index in [0.717, 1.165) is 23.5 Å². The first-order chi connectivity index (χ1) is 10.6. The molecule has 0 N–H and O–H groups in total. The summed E-state index contributed by atoms with van der Waals surface area (Å²) in [7, 11) is 0. The zero-order valence-corrected chi connectivity index (χ0v) is 13.2. The SMILES string of the molecule is CCc1c(C)nn(Cc2nc(-c3ccc(C)nn3)no2)c1C. The molecule has 0 fully saturated rings. The molecule has 3 aromatic heterocycles. The lowest BCUT2D eigenvalue weighted by molar-refractivity contribution is 0.364. The number of aryl methyl sites for hydroxylation is 2. The lowest BCUT2D eigenvalue weighted by atomic mass is 10.1. The molecule has 3 aromatic rings. The molecular weight excluding hydrogens is 280 g/mol. The van der Waals surface area contributed by atoms with E-state index in [9.17, 15) is 0 Å². The van der Waals surface area contributed by atoms with Gasteiger partial charge >= 0.3 is 0 Å². The topological polar surface area (TPSA) is 82.5 Å². The molecule has 0 radical (unpaired) electrons. The Morgan fingerprint density at radius 1 is 1.14 bits per heavy atom. The first-order valence-electron chi connectivity index (χ1n) is 7.24. The molecular formula is C15H18N6O. The summed E-state index contributed by atoms with van der Waals surface area (Å²) in [6.45, 7) is 8.54. The fourth-order valence-corrected chi connectivity index (χ4v) is 2.47. The van der Waals surface area contributed by atoms with E-state index in [0.29, 0.717) is 24.0 Å². The van der Waals surface area contributed by atoms with Crippen LogP contribution in [0.5, 0.6) is 0 Å². The van der Waals surface area contributed by atoms with Gasteiger partial charge in [-0.2, -0.15) is 15.2 Å². The number of hydrogen-bond donors (Lipinski definition) is 0. The van der Waals surface area contributed by atoms with Crippen LogP contribution < -0.4 is 0 Å². The molecule has 0 amide bonds. The van der Waals surface area contributed by atoms with Crippen molar-refractivity contribution in [3.63, 3.8) is 0 Å². The van der Waals surface area contributed by atoms with Crippen molar-refractivity contribution in [2.24, 2.45) is 0 Å². The highest BCUT2D eigenvalue weighted by atomic mass is 16.5. The molecule has 0 aliphatic heterocycles. The molecule has 7 nitrogen and oxygen atoms in total. The molecule has 0 spiro atoms. The number of rotatable bonds is 4. The third kappa shape index (κ3) is 2.61. The fourth-order valence-electron chi connectivity index (χ4n) is 2.47. The van der Waals surface area contributed by atoms with E-state index < -0.39 is 0 Å². The predicted octanol–water partition coefficient (Wildman–Crippen LogP) is 2.26. The van der Waals surface area contributed by atoms with Crippen LogP contribution in [-0.2, 0) is 13.0 Å². The smallest absolute Gasteiger partial charge is 0.248 e. The first-order valence-corrected chi connectivity index (χ1v) is 7.24. The van der Waals surface area contributed by atoms with E-state index in [-0.39, 0.29) is 0 Å². The van der Waals surface area contributed by atoms with Crippen molar-refractivity contribution in [1.82, 2.24) is 30.1 Å². The minimum absolute atomic E-state index is 0.444. The van der Waals surface area contributed by atoms with Crippen molar-refractivity contribution in [1.29, 1.82) is 0 Å². The summed E-state index contributed by atoms with van der Waals surface area (Å²) >= 11 is 0. The van der Waals surface area contributed by atoms with Gasteiger partial charge in [-0.15, -0.1) is 5.10 Å². The Kier molecular flexibility index (Phi) is 3.70. The highest BCUT2D eigenvalue weighted by Crippen LogP contribution is 2.16. The summed E-state index contributed by atoms with van der Waals surface area (Å²) in [4.78, 5) is 4.37. The molecule has 0 saturated carbocycles. The summed E-state index contributed by atoms with van der Waals surface area (Å²) in [5.74, 6) is 0.949. The monoisotopic (exact) mass is 298 g/mol. The third-order valence-corrected chi connectivity index (χ3v) is 3.66. The van der Waals surface area contributed by atoms with Crippen LogP contribution >= 0.6 is 0 Å². The highest BCUT2D eigenvalue weighted by molar-refractivity contribution is 5.46. The van der Waals surface area contributed by atoms with Crippen LogP contribution in [0, 0.1) is 20.8 Å². The van der Waals surface area contributed by atoms with Crippen LogP contribution in [-0.4, -0.2) is 30.1 Å². The molecule has 7 heteroatoms. The molecule has 114 valence electrons. The number of nitrogens with zero attached hydrogens (tertiary/aromatic N) is 6. The van der Waals surface area contributed by atoms with Crippen LogP contribution in [0.25, 0.3) is 11.5 Å². The van der Waals surface area contributed by atoms with Crippen molar-refractivity contribution in [2.45, 2.75) is 40.7 Å². The summed E-state index contributed by atoms with van der Waals surface area (Å²) < 4.78 is 7.20. The normalized spacial score (nSPS) is 11.1. The van der Waals surface area contributed by atoms with Gasteiger partial charge in [0.15, 0.2) is 0 Å². The average molecular weight is 298 g/mol. The fraction of sp³-hybridized carbons (Fsp3) is 0.400. The van der Waals surface area contributed by atoms with Crippen LogP contribution in [0.4, 0.5) is 0 Å². The summed E-state index contributed by atoms with van der Waals surface area (Å²) in [5, 5.41) is 16.6. The second-order valence-corrected chi connectivity index (χ2v) is 5.23. The van der Waals surface area contributed by atoms with Gasteiger partial charge in [-0.1, -0.05) is 12.1 Å². The molecule has 3 heterocycles. The van der Waals surface area contributed by atoms with E-state index in [1.807, 2.05) is 30.7 Å². The second kappa shape index (κ2) is 5.67. The quantitative estimate of drug-likeness (QED) is 0.734. The van der Waals surface area contributed by atoms with Crippen LogP contribution in [0.3, 0.4) is 0 Å². The van der Waals surface area contributed by atoms with E-state index in [1.54, 1.807) is 0 Å². The molecule has 0 aliphatic rings. The predicted molar refractivity (Wildman–Crippen MR) is 80.2 cm³/mol. The summed E-state index contributed by atoms with van der Waals surface area (Å²) in [5.41, 5.74) is 4.90. The van der Waals surface area contributed by atoms with Crippen molar-refractivity contribution in [3.05, 3.63) is 40.7 Å². The van der Waals surface area contributed by atoms with Gasteiger partial charge in [0.1, 0.15) is 12.2 Å². The molecule has 0 atom stereocenters. The van der Waals surface area contributed by atoms with Gasteiger partial charge in [0.05, 0.1) is 11.4 Å². The lowest BCUT2D eigenvalue weighted by Crippen LogP contribution is -2.04. The summed E-state index contributed by atoms with van der Waals surface area (Å²) in [6.07, 6.45) is 0.964. The summed E-state index contributed by atoms with van der Waals surface area (Å²) in [6, 6.07) is 3.70. The van der Waals surface area contributed by atoms with Gasteiger partial charge < -0.3 is 4.52 Å². The maximum Gasteiger partial charge on any atom is 0.248 e. The van der Waals surface area contributed by atoms with Crippen LogP contribution in [0.2, 0.25) is 0 Å². The number of aromatic nitrogens is 6. The van der Waals surface area contributed by atoms with Crippen LogP contribution in [0.1, 0.15) is 35.5 Å². The van der Waals surface area contributed by atoms with Crippen LogP contribution in [0.15, 0.2) is 16.7 Å². The molecule has 0 unspecified atom stereocenters. The Hall–Kier alpha value is -2.57. The molecule has 0 aliphatic carbocycles. The Bertz CT molecular complexity index is 787. The molecule has 0 aromatic carbocycles. The Morgan fingerprint density at radius 3 is 2.59 bits per heavy atom. The largest absolute Gasteiger partial charge is 0.337 e. The molecule has 3 rings (SSSR count). The lowest BCUT2D eigenvalue weighted by Gasteiger charge is -2.00. The van der Waals surface area contributed by atoms with Gasteiger partial charge in [-0.05, 0) is 44.9 Å². The first kappa shape index (κ1) is 14.4. The Morgan fingerprint density at radius 2 is 1.95 bits per heavy atom. The van der Waals surface area contributed by atoms with E-state index in [1.165, 1.54) is 5.56 Å². The Balaban J connectivity index is 1.84. The maximum atomic E-state index is 5.30. The second-order valence-electron chi connectivity index (χ2n) is 5.23. The van der Waals surface area contributed by atoms with Gasteiger partial charge in [-0.3, -0.25) is 4.68 Å². The minimum Gasteiger partial charge on any atom is -0.337 e. The molecule has 22 heavy (non-hydrogen) atoms. The van der Waals surface area contributed by atoms with Gasteiger partial charge in [-0.25, -0.2) is 0 Å². The maximum absolute atomic E-state index is 5.30.